The lowest BCUT2D eigenvalue weighted by Crippen LogP contribution is -2.30. The molecule has 0 aromatic carbocycles. The summed E-state index contributed by atoms with van der Waals surface area (Å²) in [6.45, 7) is 6.52. The maximum absolute atomic E-state index is 6.39. The summed E-state index contributed by atoms with van der Waals surface area (Å²) >= 11 is 1.76. The minimum absolute atomic E-state index is 0.130. The summed E-state index contributed by atoms with van der Waals surface area (Å²) < 4.78 is 0. The van der Waals surface area contributed by atoms with Crippen LogP contribution in [0.4, 0.5) is 0 Å². The van der Waals surface area contributed by atoms with E-state index in [0.717, 1.165) is 10.7 Å². The summed E-state index contributed by atoms with van der Waals surface area (Å²) in [7, 11) is 0. The first-order valence-electron chi connectivity index (χ1n) is 5.72. The van der Waals surface area contributed by atoms with Gasteiger partial charge < -0.3 is 5.73 Å². The molecular weight excluding hydrogens is 204 g/mol. The predicted octanol–water partition coefficient (Wildman–Crippen LogP) is 3.34. The topological polar surface area (TPSA) is 38.9 Å². The van der Waals surface area contributed by atoms with Gasteiger partial charge in [-0.15, -0.1) is 11.3 Å². The zero-order chi connectivity index (χ0) is 11.1. The van der Waals surface area contributed by atoms with E-state index in [-0.39, 0.29) is 11.5 Å². The molecule has 0 spiro atoms. The molecule has 2 rings (SSSR count). The van der Waals surface area contributed by atoms with Gasteiger partial charge in [0, 0.05) is 4.88 Å². The average molecular weight is 224 g/mol. The van der Waals surface area contributed by atoms with E-state index in [1.807, 2.05) is 0 Å². The van der Waals surface area contributed by atoms with Crippen molar-refractivity contribution < 1.29 is 0 Å². The quantitative estimate of drug-likeness (QED) is 0.836. The Bertz CT molecular complexity index is 351. The van der Waals surface area contributed by atoms with Gasteiger partial charge in [0.15, 0.2) is 0 Å². The molecule has 1 saturated carbocycles. The summed E-state index contributed by atoms with van der Waals surface area (Å²) in [5.41, 5.74) is 7.82. The molecule has 0 saturated heterocycles. The molecule has 1 aliphatic rings. The molecule has 0 amide bonds. The number of nitrogens with two attached hydrogens (primary N) is 1. The van der Waals surface area contributed by atoms with E-state index >= 15 is 0 Å². The van der Waals surface area contributed by atoms with Crippen LogP contribution in [0.1, 0.15) is 54.2 Å². The Morgan fingerprint density at radius 3 is 2.40 bits per heavy atom. The molecule has 1 aromatic rings. The third kappa shape index (κ3) is 1.95. The summed E-state index contributed by atoms with van der Waals surface area (Å²) in [5.74, 6) is 0. The van der Waals surface area contributed by atoms with E-state index in [0.29, 0.717) is 0 Å². The van der Waals surface area contributed by atoms with Crippen LogP contribution in [0.2, 0.25) is 0 Å². The maximum Gasteiger partial charge on any atom is 0.0900 e. The lowest BCUT2D eigenvalue weighted by Gasteiger charge is -2.30. The van der Waals surface area contributed by atoms with Crippen molar-refractivity contribution in [3.05, 3.63) is 15.6 Å². The Balaban J connectivity index is 2.27. The standard InChI is InChI=1S/C12H20N2S/c1-8-10(14-9(2)15-8)11(13)12(3)6-4-5-7-12/h11H,4-7,13H2,1-3H3/t11-/m0/s1. The molecule has 84 valence electrons. The molecule has 1 aliphatic carbocycles. The van der Waals surface area contributed by atoms with Crippen LogP contribution in [0.3, 0.4) is 0 Å². The van der Waals surface area contributed by atoms with Gasteiger partial charge in [-0.1, -0.05) is 19.8 Å². The Hall–Kier alpha value is -0.410. The summed E-state index contributed by atoms with van der Waals surface area (Å²) in [6, 6.07) is 0.130. The average Bonchev–Trinajstić information content (AvgIpc) is 2.73. The highest BCUT2D eigenvalue weighted by Crippen LogP contribution is 2.46. The summed E-state index contributed by atoms with van der Waals surface area (Å²) in [6.07, 6.45) is 5.16. The second kappa shape index (κ2) is 3.87. The molecule has 0 unspecified atom stereocenters. The van der Waals surface area contributed by atoms with Crippen molar-refractivity contribution in [3.63, 3.8) is 0 Å². The number of nitrogens with zero attached hydrogens (tertiary/aromatic N) is 1. The van der Waals surface area contributed by atoms with Crippen LogP contribution in [0.25, 0.3) is 0 Å². The fourth-order valence-corrected chi connectivity index (χ4v) is 3.52. The summed E-state index contributed by atoms with van der Waals surface area (Å²) in [4.78, 5) is 5.89. The second-order valence-corrected chi connectivity index (χ2v) is 6.42. The first-order chi connectivity index (χ1) is 7.03. The number of thiazole rings is 1. The predicted molar refractivity (Wildman–Crippen MR) is 65.1 cm³/mol. The van der Waals surface area contributed by atoms with Gasteiger partial charge in [0.05, 0.1) is 16.7 Å². The normalized spacial score (nSPS) is 21.9. The van der Waals surface area contributed by atoms with Gasteiger partial charge in [-0.3, -0.25) is 0 Å². The molecule has 1 fully saturated rings. The number of hydrogen-bond donors (Lipinski definition) is 1. The van der Waals surface area contributed by atoms with Crippen LogP contribution < -0.4 is 5.73 Å². The molecular formula is C12H20N2S. The van der Waals surface area contributed by atoms with Crippen molar-refractivity contribution in [1.82, 2.24) is 4.98 Å². The van der Waals surface area contributed by atoms with Crippen molar-refractivity contribution in [2.75, 3.05) is 0 Å². The summed E-state index contributed by atoms with van der Waals surface area (Å²) in [5, 5.41) is 1.14. The van der Waals surface area contributed by atoms with Crippen molar-refractivity contribution >= 4 is 11.3 Å². The van der Waals surface area contributed by atoms with E-state index in [1.54, 1.807) is 11.3 Å². The van der Waals surface area contributed by atoms with Crippen molar-refractivity contribution in [1.29, 1.82) is 0 Å². The van der Waals surface area contributed by atoms with Crippen LogP contribution in [-0.4, -0.2) is 4.98 Å². The highest BCUT2D eigenvalue weighted by atomic mass is 32.1. The van der Waals surface area contributed by atoms with Gasteiger partial charge >= 0.3 is 0 Å². The molecule has 0 bridgehead atoms. The first kappa shape index (κ1) is 11.1. The van der Waals surface area contributed by atoms with Crippen LogP contribution in [0.5, 0.6) is 0 Å². The Labute approximate surface area is 95.9 Å². The monoisotopic (exact) mass is 224 g/mol. The zero-order valence-electron chi connectivity index (χ0n) is 9.84. The smallest absolute Gasteiger partial charge is 0.0900 e. The highest BCUT2D eigenvalue weighted by molar-refractivity contribution is 7.11. The van der Waals surface area contributed by atoms with Crippen molar-refractivity contribution in [2.24, 2.45) is 11.1 Å². The molecule has 1 aromatic heterocycles. The maximum atomic E-state index is 6.39. The van der Waals surface area contributed by atoms with E-state index in [2.05, 4.69) is 25.8 Å². The molecule has 3 heteroatoms. The van der Waals surface area contributed by atoms with Gasteiger partial charge in [-0.05, 0) is 32.1 Å². The van der Waals surface area contributed by atoms with Crippen LogP contribution in [0.15, 0.2) is 0 Å². The molecule has 1 atom stereocenters. The van der Waals surface area contributed by atoms with Crippen molar-refractivity contribution in [2.45, 2.75) is 52.5 Å². The van der Waals surface area contributed by atoms with Crippen LogP contribution >= 0.6 is 11.3 Å². The Morgan fingerprint density at radius 2 is 1.93 bits per heavy atom. The fourth-order valence-electron chi connectivity index (χ4n) is 2.66. The number of aromatic nitrogens is 1. The van der Waals surface area contributed by atoms with Gasteiger partial charge in [0.1, 0.15) is 0 Å². The van der Waals surface area contributed by atoms with Crippen molar-refractivity contribution in [3.8, 4) is 0 Å². The Morgan fingerprint density at radius 1 is 1.33 bits per heavy atom. The molecule has 0 radical (unpaired) electrons. The molecule has 15 heavy (non-hydrogen) atoms. The minimum Gasteiger partial charge on any atom is -0.322 e. The molecule has 2 nitrogen and oxygen atoms in total. The third-order valence-electron chi connectivity index (χ3n) is 3.73. The largest absolute Gasteiger partial charge is 0.322 e. The van der Waals surface area contributed by atoms with Gasteiger partial charge in [-0.2, -0.15) is 0 Å². The lowest BCUT2D eigenvalue weighted by atomic mass is 9.79. The van der Waals surface area contributed by atoms with E-state index in [4.69, 9.17) is 5.73 Å². The molecule has 1 heterocycles. The van der Waals surface area contributed by atoms with E-state index in [9.17, 15) is 0 Å². The second-order valence-electron chi connectivity index (χ2n) is 5.01. The third-order valence-corrected chi connectivity index (χ3v) is 4.63. The van der Waals surface area contributed by atoms with E-state index < -0.39 is 0 Å². The lowest BCUT2D eigenvalue weighted by molar-refractivity contribution is 0.261. The first-order valence-corrected chi connectivity index (χ1v) is 6.54. The van der Waals surface area contributed by atoms with E-state index in [1.165, 1.54) is 30.6 Å². The molecule has 2 N–H and O–H groups in total. The van der Waals surface area contributed by atoms with Gasteiger partial charge in [0.25, 0.3) is 0 Å². The van der Waals surface area contributed by atoms with Crippen LogP contribution in [-0.2, 0) is 0 Å². The fraction of sp³-hybridized carbons (Fsp3) is 0.750. The number of hydrogen-bond acceptors (Lipinski definition) is 3. The number of rotatable bonds is 2. The zero-order valence-corrected chi connectivity index (χ0v) is 10.7. The minimum atomic E-state index is 0.130. The number of aryl methyl sites for hydroxylation is 2. The van der Waals surface area contributed by atoms with Gasteiger partial charge in [-0.25, -0.2) is 4.98 Å². The SMILES string of the molecule is Cc1nc([C@H](N)C2(C)CCCC2)c(C)s1. The van der Waals surface area contributed by atoms with Crippen LogP contribution in [0, 0.1) is 19.3 Å². The van der Waals surface area contributed by atoms with Gasteiger partial charge in [0.2, 0.25) is 0 Å². The molecule has 0 aliphatic heterocycles. The highest BCUT2D eigenvalue weighted by Gasteiger charge is 2.37. The Kier molecular flexibility index (Phi) is 2.86.